The van der Waals surface area contributed by atoms with E-state index >= 15 is 0 Å². The molecular formula is C22H21N5O3. The molecule has 3 aromatic rings. The van der Waals surface area contributed by atoms with Crippen LogP contribution in [0.15, 0.2) is 83.2 Å². The van der Waals surface area contributed by atoms with Crippen molar-refractivity contribution in [2.45, 2.75) is 6.92 Å². The van der Waals surface area contributed by atoms with Crippen LogP contribution in [0, 0.1) is 0 Å². The summed E-state index contributed by atoms with van der Waals surface area (Å²) in [5.41, 5.74) is 4.22. The monoisotopic (exact) mass is 403 g/mol. The minimum atomic E-state index is -0.428. The third-order valence-corrected chi connectivity index (χ3v) is 3.73. The van der Waals surface area contributed by atoms with Gasteiger partial charge in [0.15, 0.2) is 18.3 Å². The Morgan fingerprint density at radius 2 is 1.80 bits per heavy atom. The zero-order chi connectivity index (χ0) is 21.0. The fourth-order valence-corrected chi connectivity index (χ4v) is 2.40. The minimum Gasteiger partial charge on any atom is -0.481 e. The molecule has 2 aromatic heterocycles. The van der Waals surface area contributed by atoms with E-state index in [0.29, 0.717) is 35.3 Å². The van der Waals surface area contributed by atoms with Crippen molar-refractivity contribution in [3.05, 3.63) is 84.3 Å². The molecule has 152 valence electrons. The van der Waals surface area contributed by atoms with Crippen LogP contribution in [0.1, 0.15) is 18.2 Å². The molecule has 0 aliphatic rings. The minimum absolute atomic E-state index is 0.174. The summed E-state index contributed by atoms with van der Waals surface area (Å²) in [6, 6.07) is 18.2. The lowest BCUT2D eigenvalue weighted by Gasteiger charge is -2.08. The number of benzene rings is 1. The largest absolute Gasteiger partial charge is 0.481 e. The molecule has 2 heterocycles. The smallest absolute Gasteiger partial charge is 0.344 e. The zero-order valence-corrected chi connectivity index (χ0v) is 16.4. The van der Waals surface area contributed by atoms with E-state index < -0.39 is 5.97 Å². The lowest BCUT2D eigenvalue weighted by molar-refractivity contribution is -0.145. The van der Waals surface area contributed by atoms with Gasteiger partial charge in [0.1, 0.15) is 11.4 Å². The highest BCUT2D eigenvalue weighted by atomic mass is 16.6. The highest BCUT2D eigenvalue weighted by molar-refractivity contribution is 5.99. The van der Waals surface area contributed by atoms with E-state index in [2.05, 4.69) is 25.5 Å². The molecular weight excluding hydrogens is 382 g/mol. The second-order valence-corrected chi connectivity index (χ2v) is 5.86. The molecule has 0 bridgehead atoms. The number of hydrazone groups is 1. The number of carbonyl (C=O) groups excluding carboxylic acids is 1. The van der Waals surface area contributed by atoms with Crippen LogP contribution in [0.25, 0.3) is 0 Å². The van der Waals surface area contributed by atoms with E-state index in [1.807, 2.05) is 48.5 Å². The molecule has 0 unspecified atom stereocenters. The normalized spacial score (nSPS) is 11.3. The van der Waals surface area contributed by atoms with Gasteiger partial charge in [-0.1, -0.05) is 24.3 Å². The SMILES string of the molecule is CCOC(=O)COc1ccccc1/C=N/N/C(=N/c1ccccn1)c1ccccn1. The molecule has 0 fully saturated rings. The zero-order valence-electron chi connectivity index (χ0n) is 16.4. The van der Waals surface area contributed by atoms with Gasteiger partial charge in [-0.15, -0.1) is 0 Å². The van der Waals surface area contributed by atoms with Crippen LogP contribution in [-0.2, 0) is 9.53 Å². The first-order valence-electron chi connectivity index (χ1n) is 9.34. The Morgan fingerprint density at radius 1 is 1.03 bits per heavy atom. The molecule has 0 radical (unpaired) electrons. The predicted octanol–water partition coefficient (Wildman–Crippen LogP) is 3.12. The van der Waals surface area contributed by atoms with E-state index in [1.54, 1.807) is 37.7 Å². The number of hydrogen-bond acceptors (Lipinski definition) is 7. The number of pyridine rings is 2. The fraction of sp³-hybridized carbons (Fsp3) is 0.136. The number of aliphatic imine (C=N–C) groups is 1. The Hall–Kier alpha value is -4.07. The number of nitrogens with zero attached hydrogens (tertiary/aromatic N) is 4. The average molecular weight is 403 g/mol. The number of ether oxygens (including phenoxy) is 2. The van der Waals surface area contributed by atoms with Gasteiger partial charge in [0.05, 0.1) is 12.8 Å². The Bertz CT molecular complexity index is 1010. The van der Waals surface area contributed by atoms with Crippen molar-refractivity contribution in [3.8, 4) is 5.75 Å². The second kappa shape index (κ2) is 11.1. The molecule has 30 heavy (non-hydrogen) atoms. The molecule has 0 amide bonds. The summed E-state index contributed by atoms with van der Waals surface area (Å²) in [5, 5.41) is 4.27. The molecule has 8 heteroatoms. The van der Waals surface area contributed by atoms with Crippen LogP contribution in [0.4, 0.5) is 5.82 Å². The van der Waals surface area contributed by atoms with Crippen molar-refractivity contribution in [1.29, 1.82) is 0 Å². The van der Waals surface area contributed by atoms with Crippen molar-refractivity contribution in [1.82, 2.24) is 15.4 Å². The van der Waals surface area contributed by atoms with E-state index in [0.717, 1.165) is 0 Å². The van der Waals surface area contributed by atoms with Crippen molar-refractivity contribution < 1.29 is 14.3 Å². The lowest BCUT2D eigenvalue weighted by Crippen LogP contribution is -2.20. The van der Waals surface area contributed by atoms with Gasteiger partial charge in [-0.05, 0) is 43.3 Å². The molecule has 0 aliphatic carbocycles. The predicted molar refractivity (Wildman–Crippen MR) is 114 cm³/mol. The van der Waals surface area contributed by atoms with Gasteiger partial charge < -0.3 is 9.47 Å². The maximum Gasteiger partial charge on any atom is 0.344 e. The van der Waals surface area contributed by atoms with Crippen LogP contribution >= 0.6 is 0 Å². The number of rotatable bonds is 8. The molecule has 3 rings (SSSR count). The molecule has 0 aliphatic heterocycles. The average Bonchev–Trinajstić information content (AvgIpc) is 2.79. The van der Waals surface area contributed by atoms with Crippen molar-refractivity contribution in [2.75, 3.05) is 13.2 Å². The van der Waals surface area contributed by atoms with Gasteiger partial charge in [0.2, 0.25) is 0 Å². The quantitative estimate of drug-likeness (QED) is 0.269. The highest BCUT2D eigenvalue weighted by Crippen LogP contribution is 2.16. The number of para-hydroxylation sites is 1. The number of carbonyl (C=O) groups is 1. The van der Waals surface area contributed by atoms with E-state index in [-0.39, 0.29) is 6.61 Å². The Morgan fingerprint density at radius 3 is 2.53 bits per heavy atom. The maximum atomic E-state index is 11.5. The second-order valence-electron chi connectivity index (χ2n) is 5.86. The van der Waals surface area contributed by atoms with Crippen LogP contribution in [-0.4, -0.2) is 41.2 Å². The standard InChI is InChI=1S/C22H21N5O3/c1-2-29-21(28)16-30-19-11-4-3-9-17(19)15-25-27-22(18-10-5-7-13-23-18)26-20-12-6-8-14-24-20/h3-15H,2,16H2,1H3,(H,24,26,27)/b25-15+. The Balaban J connectivity index is 1.76. The lowest BCUT2D eigenvalue weighted by atomic mass is 10.2. The van der Waals surface area contributed by atoms with E-state index in [4.69, 9.17) is 9.47 Å². The molecule has 8 nitrogen and oxygen atoms in total. The maximum absolute atomic E-state index is 11.5. The summed E-state index contributed by atoms with van der Waals surface area (Å²) in [4.78, 5) is 24.6. The topological polar surface area (TPSA) is 98.1 Å². The van der Waals surface area contributed by atoms with Gasteiger partial charge in [-0.25, -0.2) is 14.8 Å². The Labute approximate surface area is 174 Å². The van der Waals surface area contributed by atoms with Crippen molar-refractivity contribution >= 4 is 23.8 Å². The summed E-state index contributed by atoms with van der Waals surface area (Å²) >= 11 is 0. The molecule has 0 saturated carbocycles. The summed E-state index contributed by atoms with van der Waals surface area (Å²) in [5.74, 6) is 1.05. The molecule has 0 saturated heterocycles. The Kier molecular flexibility index (Phi) is 7.62. The summed E-state index contributed by atoms with van der Waals surface area (Å²) in [6.07, 6.45) is 4.92. The number of esters is 1. The third-order valence-electron chi connectivity index (χ3n) is 3.73. The van der Waals surface area contributed by atoms with Gasteiger partial charge in [0, 0.05) is 18.0 Å². The molecule has 1 N–H and O–H groups in total. The van der Waals surface area contributed by atoms with Crippen LogP contribution in [0.2, 0.25) is 0 Å². The first kappa shape index (κ1) is 20.7. The van der Waals surface area contributed by atoms with Crippen molar-refractivity contribution in [3.63, 3.8) is 0 Å². The first-order valence-corrected chi connectivity index (χ1v) is 9.34. The van der Waals surface area contributed by atoms with Crippen LogP contribution < -0.4 is 10.2 Å². The number of aromatic nitrogens is 2. The van der Waals surface area contributed by atoms with Crippen molar-refractivity contribution in [2.24, 2.45) is 10.1 Å². The van der Waals surface area contributed by atoms with Gasteiger partial charge in [-0.2, -0.15) is 5.10 Å². The number of amidine groups is 1. The summed E-state index contributed by atoms with van der Waals surface area (Å²) in [7, 11) is 0. The molecule has 0 spiro atoms. The molecule has 0 atom stereocenters. The number of hydrogen-bond donors (Lipinski definition) is 1. The van der Waals surface area contributed by atoms with Crippen LogP contribution in [0.3, 0.4) is 0 Å². The summed E-state index contributed by atoms with van der Waals surface area (Å²) < 4.78 is 10.4. The number of nitrogens with one attached hydrogen (secondary N) is 1. The first-order chi connectivity index (χ1) is 14.8. The van der Waals surface area contributed by atoms with Gasteiger partial charge in [-0.3, -0.25) is 10.4 Å². The van der Waals surface area contributed by atoms with Crippen LogP contribution in [0.5, 0.6) is 5.75 Å². The van der Waals surface area contributed by atoms with E-state index in [9.17, 15) is 4.79 Å². The highest BCUT2D eigenvalue weighted by Gasteiger charge is 2.07. The van der Waals surface area contributed by atoms with Gasteiger partial charge in [0.25, 0.3) is 0 Å². The summed E-state index contributed by atoms with van der Waals surface area (Å²) in [6.45, 7) is 1.88. The third kappa shape index (κ3) is 6.23. The van der Waals surface area contributed by atoms with Gasteiger partial charge >= 0.3 is 5.97 Å². The van der Waals surface area contributed by atoms with E-state index in [1.165, 1.54) is 0 Å². The fourth-order valence-electron chi connectivity index (χ4n) is 2.40. The molecule has 1 aromatic carbocycles.